The predicted octanol–water partition coefficient (Wildman–Crippen LogP) is 2.75. The van der Waals surface area contributed by atoms with Crippen molar-refractivity contribution in [2.75, 3.05) is 5.32 Å². The van der Waals surface area contributed by atoms with Crippen LogP contribution in [-0.2, 0) is 11.4 Å². The lowest BCUT2D eigenvalue weighted by Gasteiger charge is -2.27. The number of hydrogen-bond donors (Lipinski definition) is 2. The van der Waals surface area contributed by atoms with Crippen molar-refractivity contribution >= 4 is 33.7 Å². The minimum Gasteiger partial charge on any atom is -0.389 e. The summed E-state index contributed by atoms with van der Waals surface area (Å²) in [7, 11) is 0. The molecule has 0 unspecified atom stereocenters. The maximum absolute atomic E-state index is 12.8. The molecule has 8 heteroatoms. The third-order valence-electron chi connectivity index (χ3n) is 3.39. The molecule has 0 aliphatic heterocycles. The SMILES string of the molecule is Cc1nc(CO)sc1-c1csc(NC(=O)[C@H]2C[C@H](F)C2)n1. The molecule has 0 bridgehead atoms. The van der Waals surface area contributed by atoms with Crippen LogP contribution in [0.15, 0.2) is 5.38 Å². The number of halogens is 1. The Labute approximate surface area is 128 Å². The fraction of sp³-hybridized carbons (Fsp3) is 0.462. The van der Waals surface area contributed by atoms with Crippen LogP contribution in [0.5, 0.6) is 0 Å². The van der Waals surface area contributed by atoms with Crippen LogP contribution in [0, 0.1) is 12.8 Å². The molecule has 2 heterocycles. The van der Waals surface area contributed by atoms with Gasteiger partial charge in [0.2, 0.25) is 5.91 Å². The summed E-state index contributed by atoms with van der Waals surface area (Å²) in [5, 5.41) is 14.8. The van der Waals surface area contributed by atoms with Crippen LogP contribution in [0.2, 0.25) is 0 Å². The fourth-order valence-corrected chi connectivity index (χ4v) is 3.83. The van der Waals surface area contributed by atoms with Crippen molar-refractivity contribution in [3.8, 4) is 10.6 Å². The van der Waals surface area contributed by atoms with Crippen molar-refractivity contribution in [3.05, 3.63) is 16.1 Å². The van der Waals surface area contributed by atoms with Gasteiger partial charge in [0.25, 0.3) is 0 Å². The normalized spacial score (nSPS) is 21.1. The van der Waals surface area contributed by atoms with Gasteiger partial charge >= 0.3 is 0 Å². The van der Waals surface area contributed by atoms with Gasteiger partial charge in [0.1, 0.15) is 11.2 Å². The summed E-state index contributed by atoms with van der Waals surface area (Å²) < 4.78 is 12.8. The number of carbonyl (C=O) groups is 1. The van der Waals surface area contributed by atoms with Gasteiger partial charge in [-0.3, -0.25) is 4.79 Å². The second kappa shape index (κ2) is 5.78. The van der Waals surface area contributed by atoms with E-state index in [0.29, 0.717) is 23.0 Å². The first-order valence-electron chi connectivity index (χ1n) is 6.54. The van der Waals surface area contributed by atoms with Crippen LogP contribution in [0.1, 0.15) is 23.5 Å². The van der Waals surface area contributed by atoms with Gasteiger partial charge in [-0.2, -0.15) is 0 Å². The summed E-state index contributed by atoms with van der Waals surface area (Å²) in [6.45, 7) is 1.77. The Morgan fingerprint density at radius 2 is 2.29 bits per heavy atom. The van der Waals surface area contributed by atoms with Gasteiger partial charge in [0.15, 0.2) is 5.13 Å². The largest absolute Gasteiger partial charge is 0.389 e. The highest BCUT2D eigenvalue weighted by Gasteiger charge is 2.34. The molecule has 2 aromatic rings. The van der Waals surface area contributed by atoms with Gasteiger partial charge < -0.3 is 10.4 Å². The average molecular weight is 327 g/mol. The van der Waals surface area contributed by atoms with Gasteiger partial charge in [-0.15, -0.1) is 22.7 Å². The van der Waals surface area contributed by atoms with E-state index in [1.165, 1.54) is 22.7 Å². The van der Waals surface area contributed by atoms with Crippen LogP contribution in [0.25, 0.3) is 10.6 Å². The minimum atomic E-state index is -0.843. The van der Waals surface area contributed by atoms with E-state index in [9.17, 15) is 9.18 Å². The molecular formula is C13H14FN3O2S2. The smallest absolute Gasteiger partial charge is 0.229 e. The van der Waals surface area contributed by atoms with E-state index in [2.05, 4.69) is 15.3 Å². The van der Waals surface area contributed by atoms with E-state index in [1.54, 1.807) is 0 Å². The first-order chi connectivity index (χ1) is 10.1. The van der Waals surface area contributed by atoms with E-state index in [1.807, 2.05) is 12.3 Å². The lowest BCUT2D eigenvalue weighted by molar-refractivity contribution is -0.124. The number of nitrogens with zero attached hydrogens (tertiary/aromatic N) is 2. The van der Waals surface area contributed by atoms with Crippen molar-refractivity contribution in [1.82, 2.24) is 9.97 Å². The first kappa shape index (κ1) is 14.6. The summed E-state index contributed by atoms with van der Waals surface area (Å²) in [5.41, 5.74) is 1.55. The number of aryl methyl sites for hydroxylation is 1. The monoisotopic (exact) mass is 327 g/mol. The van der Waals surface area contributed by atoms with E-state index in [4.69, 9.17) is 5.11 Å². The molecule has 1 aliphatic rings. The molecule has 1 fully saturated rings. The van der Waals surface area contributed by atoms with Crippen LogP contribution in [0.4, 0.5) is 9.52 Å². The van der Waals surface area contributed by atoms with E-state index >= 15 is 0 Å². The zero-order valence-electron chi connectivity index (χ0n) is 11.3. The predicted molar refractivity (Wildman–Crippen MR) is 80.1 cm³/mol. The number of nitrogens with one attached hydrogen (secondary N) is 1. The number of aliphatic hydroxyl groups is 1. The molecule has 5 nitrogen and oxygen atoms in total. The van der Waals surface area contributed by atoms with Crippen molar-refractivity contribution in [2.45, 2.75) is 32.5 Å². The quantitative estimate of drug-likeness (QED) is 0.905. The second-order valence-electron chi connectivity index (χ2n) is 4.97. The maximum Gasteiger partial charge on any atom is 0.229 e. The molecule has 21 heavy (non-hydrogen) atoms. The van der Waals surface area contributed by atoms with Crippen molar-refractivity contribution in [1.29, 1.82) is 0 Å². The van der Waals surface area contributed by atoms with Crippen LogP contribution >= 0.6 is 22.7 Å². The summed E-state index contributed by atoms with van der Waals surface area (Å²) in [4.78, 5) is 21.4. The zero-order valence-corrected chi connectivity index (χ0v) is 12.9. The van der Waals surface area contributed by atoms with Gasteiger partial charge in [0, 0.05) is 11.3 Å². The van der Waals surface area contributed by atoms with E-state index in [0.717, 1.165) is 16.3 Å². The Bertz CT molecular complexity index is 664. The van der Waals surface area contributed by atoms with E-state index in [-0.39, 0.29) is 18.4 Å². The molecule has 2 N–H and O–H groups in total. The lowest BCUT2D eigenvalue weighted by Crippen LogP contribution is -2.35. The molecule has 3 rings (SSSR count). The highest BCUT2D eigenvalue weighted by atomic mass is 32.1. The van der Waals surface area contributed by atoms with Gasteiger partial charge in [-0.25, -0.2) is 14.4 Å². The summed E-state index contributed by atoms with van der Waals surface area (Å²) in [6, 6.07) is 0. The molecule has 112 valence electrons. The molecule has 0 spiro atoms. The number of aromatic nitrogens is 2. The zero-order chi connectivity index (χ0) is 15.0. The summed E-state index contributed by atoms with van der Waals surface area (Å²) in [6.07, 6.45) is -0.236. The van der Waals surface area contributed by atoms with Gasteiger partial charge in [-0.1, -0.05) is 0 Å². The maximum atomic E-state index is 12.8. The standard InChI is InChI=1S/C13H14FN3O2S2/c1-6-11(21-10(4-18)15-6)9-5-20-13(16-9)17-12(19)7-2-8(14)3-7/h5,7-8,18H,2-4H2,1H3,(H,16,17,19)/t7-,8-. The highest BCUT2D eigenvalue weighted by molar-refractivity contribution is 7.17. The molecule has 0 aromatic carbocycles. The molecule has 2 aromatic heterocycles. The molecular weight excluding hydrogens is 313 g/mol. The summed E-state index contributed by atoms with van der Waals surface area (Å²) in [5.74, 6) is -0.402. The number of amides is 1. The van der Waals surface area contributed by atoms with E-state index < -0.39 is 6.17 Å². The number of hydrogen-bond acceptors (Lipinski definition) is 6. The highest BCUT2D eigenvalue weighted by Crippen LogP contribution is 2.34. The van der Waals surface area contributed by atoms with Crippen LogP contribution < -0.4 is 5.32 Å². The number of alkyl halides is 1. The Morgan fingerprint density at radius 3 is 2.90 bits per heavy atom. The number of thiazole rings is 2. The lowest BCUT2D eigenvalue weighted by atomic mass is 9.83. The van der Waals surface area contributed by atoms with Crippen LogP contribution in [0.3, 0.4) is 0 Å². The second-order valence-corrected chi connectivity index (χ2v) is 6.91. The summed E-state index contributed by atoms with van der Waals surface area (Å²) >= 11 is 2.72. The molecule has 0 atom stereocenters. The molecule has 1 amide bonds. The average Bonchev–Trinajstić information content (AvgIpc) is 3.01. The number of rotatable bonds is 4. The third kappa shape index (κ3) is 2.97. The van der Waals surface area contributed by atoms with Crippen LogP contribution in [-0.4, -0.2) is 27.2 Å². The van der Waals surface area contributed by atoms with Crippen molar-refractivity contribution in [2.24, 2.45) is 5.92 Å². The van der Waals surface area contributed by atoms with Gasteiger partial charge in [-0.05, 0) is 19.8 Å². The fourth-order valence-electron chi connectivity index (χ4n) is 2.16. The molecule has 0 radical (unpaired) electrons. The topological polar surface area (TPSA) is 75.1 Å². The Hall–Kier alpha value is -1.38. The minimum absolute atomic E-state index is 0.0920. The van der Waals surface area contributed by atoms with Gasteiger partial charge in [0.05, 0.1) is 22.9 Å². The Kier molecular flexibility index (Phi) is 4.01. The number of aliphatic hydroxyl groups excluding tert-OH is 1. The third-order valence-corrected chi connectivity index (χ3v) is 5.32. The number of anilines is 1. The molecule has 1 aliphatic carbocycles. The molecule has 1 saturated carbocycles. The molecule has 0 saturated heterocycles. The first-order valence-corrected chi connectivity index (χ1v) is 8.24. The van der Waals surface area contributed by atoms with Crippen molar-refractivity contribution in [3.63, 3.8) is 0 Å². The van der Waals surface area contributed by atoms with Crippen molar-refractivity contribution < 1.29 is 14.3 Å². The Balaban J connectivity index is 1.71. The Morgan fingerprint density at radius 1 is 1.52 bits per heavy atom. The number of carbonyl (C=O) groups excluding carboxylic acids is 1.